The van der Waals surface area contributed by atoms with Crippen molar-refractivity contribution in [3.05, 3.63) is 77.9 Å². The fourth-order valence-corrected chi connectivity index (χ4v) is 4.16. The van der Waals surface area contributed by atoms with Gasteiger partial charge in [-0.1, -0.05) is 18.2 Å². The molecule has 0 radical (unpaired) electrons. The molecule has 6 rings (SSSR count). The van der Waals surface area contributed by atoms with Crippen LogP contribution in [-0.2, 0) is 6.54 Å². The van der Waals surface area contributed by atoms with Crippen molar-refractivity contribution in [1.29, 1.82) is 0 Å². The van der Waals surface area contributed by atoms with E-state index < -0.39 is 0 Å². The van der Waals surface area contributed by atoms with Crippen LogP contribution in [0.5, 0.6) is 0 Å². The molecule has 1 aromatic carbocycles. The quantitative estimate of drug-likeness (QED) is 0.506. The predicted octanol–water partition coefficient (Wildman–Crippen LogP) is 4.21. The van der Waals surface area contributed by atoms with E-state index in [4.69, 9.17) is 4.98 Å². The summed E-state index contributed by atoms with van der Waals surface area (Å²) in [6, 6.07) is 14.2. The van der Waals surface area contributed by atoms with Crippen LogP contribution in [-0.4, -0.2) is 30.6 Å². The van der Waals surface area contributed by atoms with Crippen LogP contribution in [0.2, 0.25) is 0 Å². The van der Waals surface area contributed by atoms with Crippen molar-refractivity contribution in [2.45, 2.75) is 32.4 Å². The van der Waals surface area contributed by atoms with Gasteiger partial charge in [0.05, 0.1) is 6.54 Å². The Morgan fingerprint density at radius 1 is 1.06 bits per heavy atom. The molecule has 1 aliphatic carbocycles. The van der Waals surface area contributed by atoms with Gasteiger partial charge in [-0.2, -0.15) is 0 Å². The highest BCUT2D eigenvalue weighted by Gasteiger charge is 2.31. The summed E-state index contributed by atoms with van der Waals surface area (Å²) >= 11 is 0. The summed E-state index contributed by atoms with van der Waals surface area (Å²) in [6.07, 6.45) is 7.67. The first kappa shape index (κ1) is 17.9. The van der Waals surface area contributed by atoms with E-state index in [1.165, 1.54) is 0 Å². The molecule has 0 N–H and O–H groups in total. The first-order valence-electron chi connectivity index (χ1n) is 10.4. The molecule has 2 aliphatic rings. The maximum absolute atomic E-state index is 13.3. The van der Waals surface area contributed by atoms with Crippen molar-refractivity contribution in [2.24, 2.45) is 0 Å². The van der Waals surface area contributed by atoms with Crippen LogP contribution >= 0.6 is 0 Å². The maximum Gasteiger partial charge on any atom is 0.260 e. The zero-order valence-electron chi connectivity index (χ0n) is 17.1. The lowest BCUT2D eigenvalue weighted by molar-refractivity contribution is 0.0996. The summed E-state index contributed by atoms with van der Waals surface area (Å²) in [5, 5.41) is 8.34. The van der Waals surface area contributed by atoms with Crippen LogP contribution in [0.1, 0.15) is 40.4 Å². The molecule has 0 unspecified atom stereocenters. The number of anilines is 1. The SMILES string of the molecule is Cc1ccncc1-c1ccc2c(c1)C(=O)N(c1cccc(-c3nncn3C3CC3)n1)C2. The molecule has 0 saturated heterocycles. The van der Waals surface area contributed by atoms with Gasteiger partial charge in [-0.3, -0.25) is 14.7 Å². The molecule has 7 heteroatoms. The zero-order valence-corrected chi connectivity index (χ0v) is 17.1. The Kier molecular flexibility index (Phi) is 3.96. The lowest BCUT2D eigenvalue weighted by Crippen LogP contribution is -2.24. The minimum absolute atomic E-state index is 0.0355. The summed E-state index contributed by atoms with van der Waals surface area (Å²) in [5.74, 6) is 1.35. The normalized spacial score (nSPS) is 15.4. The second-order valence-electron chi connectivity index (χ2n) is 8.13. The number of benzene rings is 1. The number of nitrogens with zero attached hydrogens (tertiary/aromatic N) is 6. The first-order valence-corrected chi connectivity index (χ1v) is 10.4. The molecule has 7 nitrogen and oxygen atoms in total. The van der Waals surface area contributed by atoms with Gasteiger partial charge < -0.3 is 4.57 Å². The fourth-order valence-electron chi connectivity index (χ4n) is 4.16. The molecule has 31 heavy (non-hydrogen) atoms. The van der Waals surface area contributed by atoms with Crippen molar-refractivity contribution < 1.29 is 4.79 Å². The van der Waals surface area contributed by atoms with Crippen LogP contribution in [0.3, 0.4) is 0 Å². The first-order chi connectivity index (χ1) is 15.2. The summed E-state index contributed by atoms with van der Waals surface area (Å²) in [6.45, 7) is 2.56. The minimum atomic E-state index is -0.0355. The van der Waals surface area contributed by atoms with Crippen molar-refractivity contribution in [3.8, 4) is 22.6 Å². The molecule has 4 aromatic rings. The molecule has 1 aliphatic heterocycles. The molecule has 4 heterocycles. The third kappa shape index (κ3) is 3.01. The number of rotatable bonds is 4. The van der Waals surface area contributed by atoms with E-state index >= 15 is 0 Å². The molecule has 0 spiro atoms. The van der Waals surface area contributed by atoms with Crippen LogP contribution in [0.15, 0.2) is 61.2 Å². The Hall–Kier alpha value is -3.87. The van der Waals surface area contributed by atoms with E-state index in [0.717, 1.165) is 46.6 Å². The Balaban J connectivity index is 1.34. The summed E-state index contributed by atoms with van der Waals surface area (Å²) in [7, 11) is 0. The summed E-state index contributed by atoms with van der Waals surface area (Å²) in [5.41, 5.74) is 5.62. The van der Waals surface area contributed by atoms with Gasteiger partial charge >= 0.3 is 0 Å². The van der Waals surface area contributed by atoms with Crippen molar-refractivity contribution in [1.82, 2.24) is 24.7 Å². The topological polar surface area (TPSA) is 76.8 Å². The van der Waals surface area contributed by atoms with Gasteiger partial charge in [0, 0.05) is 29.6 Å². The Bertz CT molecular complexity index is 1320. The third-order valence-corrected chi connectivity index (χ3v) is 6.02. The van der Waals surface area contributed by atoms with E-state index in [2.05, 4.69) is 25.8 Å². The second-order valence-corrected chi connectivity index (χ2v) is 8.13. The van der Waals surface area contributed by atoms with Crippen molar-refractivity contribution >= 4 is 11.7 Å². The molecule has 0 bridgehead atoms. The number of carbonyl (C=O) groups is 1. The number of aryl methyl sites for hydroxylation is 1. The molecule has 1 fully saturated rings. The lowest BCUT2D eigenvalue weighted by atomic mass is 9.99. The molecule has 0 atom stereocenters. The lowest BCUT2D eigenvalue weighted by Gasteiger charge is -2.15. The monoisotopic (exact) mass is 408 g/mol. The Morgan fingerprint density at radius 3 is 2.81 bits per heavy atom. The number of amides is 1. The maximum atomic E-state index is 13.3. The molecule has 1 amide bonds. The number of aromatic nitrogens is 5. The smallest absolute Gasteiger partial charge is 0.260 e. The van der Waals surface area contributed by atoms with Gasteiger partial charge in [0.1, 0.15) is 17.8 Å². The average Bonchev–Trinajstić information content (AvgIpc) is 3.43. The zero-order chi connectivity index (χ0) is 20.9. The van der Waals surface area contributed by atoms with E-state index in [1.807, 2.05) is 49.5 Å². The molecular formula is C24H20N6O. The van der Waals surface area contributed by atoms with Crippen LogP contribution in [0.25, 0.3) is 22.6 Å². The van der Waals surface area contributed by atoms with Gasteiger partial charge in [-0.15, -0.1) is 10.2 Å². The average molecular weight is 408 g/mol. The predicted molar refractivity (Wildman–Crippen MR) is 116 cm³/mol. The van der Waals surface area contributed by atoms with Gasteiger partial charge in [0.15, 0.2) is 5.82 Å². The highest BCUT2D eigenvalue weighted by atomic mass is 16.2. The Labute approximate surface area is 179 Å². The van der Waals surface area contributed by atoms with Crippen molar-refractivity contribution in [2.75, 3.05) is 4.90 Å². The number of carbonyl (C=O) groups excluding carboxylic acids is 1. The fraction of sp³-hybridized carbons (Fsp3) is 0.208. The van der Waals surface area contributed by atoms with Gasteiger partial charge in [0.2, 0.25) is 0 Å². The van der Waals surface area contributed by atoms with Gasteiger partial charge in [-0.25, -0.2) is 4.98 Å². The highest BCUT2D eigenvalue weighted by molar-refractivity contribution is 6.10. The number of fused-ring (bicyclic) bond motifs is 1. The van der Waals surface area contributed by atoms with E-state index in [9.17, 15) is 4.79 Å². The minimum Gasteiger partial charge on any atom is -0.309 e. The number of hydrogen-bond acceptors (Lipinski definition) is 5. The van der Waals surface area contributed by atoms with Crippen LogP contribution in [0.4, 0.5) is 5.82 Å². The number of hydrogen-bond donors (Lipinski definition) is 0. The van der Waals surface area contributed by atoms with E-state index in [1.54, 1.807) is 17.4 Å². The van der Waals surface area contributed by atoms with E-state index in [0.29, 0.717) is 24.0 Å². The van der Waals surface area contributed by atoms with Gasteiger partial charge in [0.25, 0.3) is 5.91 Å². The van der Waals surface area contributed by atoms with E-state index in [-0.39, 0.29) is 5.91 Å². The second kappa shape index (κ2) is 6.84. The molecular weight excluding hydrogens is 388 g/mol. The third-order valence-electron chi connectivity index (χ3n) is 6.02. The van der Waals surface area contributed by atoms with Gasteiger partial charge in [-0.05, 0) is 60.7 Å². The molecule has 152 valence electrons. The van der Waals surface area contributed by atoms with Crippen molar-refractivity contribution in [3.63, 3.8) is 0 Å². The standard InChI is InChI=1S/C24H20N6O/c1-15-9-10-25-12-20(15)16-5-6-17-13-29(24(31)19(17)11-16)22-4-2-3-21(27-22)23-28-26-14-30(23)18-7-8-18/h2-6,9-12,14,18H,7-8,13H2,1H3. The molecule has 3 aromatic heterocycles. The summed E-state index contributed by atoms with van der Waals surface area (Å²) in [4.78, 5) is 24.0. The highest BCUT2D eigenvalue weighted by Crippen LogP contribution is 2.38. The number of pyridine rings is 2. The Morgan fingerprint density at radius 2 is 1.97 bits per heavy atom. The largest absolute Gasteiger partial charge is 0.309 e. The summed E-state index contributed by atoms with van der Waals surface area (Å²) < 4.78 is 2.08. The van der Waals surface area contributed by atoms with Crippen LogP contribution < -0.4 is 4.90 Å². The molecule has 1 saturated carbocycles. The van der Waals surface area contributed by atoms with Crippen LogP contribution in [0, 0.1) is 6.92 Å².